The Hall–Kier alpha value is -1.59. The SMILES string of the molecule is CNCC(=O)Nc1ccc(Cl)cc1C(=O)OC. The minimum atomic E-state index is -0.549. The average molecular weight is 257 g/mol. The number of ether oxygens (including phenoxy) is 1. The van der Waals surface area contributed by atoms with E-state index >= 15 is 0 Å². The second-order valence-corrected chi connectivity index (χ2v) is 3.70. The summed E-state index contributed by atoms with van der Waals surface area (Å²) in [5, 5.41) is 5.70. The van der Waals surface area contributed by atoms with Gasteiger partial charge in [-0.25, -0.2) is 4.79 Å². The summed E-state index contributed by atoms with van der Waals surface area (Å²) in [5.41, 5.74) is 0.603. The maximum atomic E-state index is 11.5. The van der Waals surface area contributed by atoms with Crippen LogP contribution in [0.5, 0.6) is 0 Å². The van der Waals surface area contributed by atoms with Crippen LogP contribution in [0.25, 0.3) is 0 Å². The van der Waals surface area contributed by atoms with Crippen LogP contribution in [0.15, 0.2) is 18.2 Å². The van der Waals surface area contributed by atoms with E-state index in [9.17, 15) is 9.59 Å². The molecule has 2 N–H and O–H groups in total. The molecule has 0 saturated heterocycles. The highest BCUT2D eigenvalue weighted by Gasteiger charge is 2.14. The quantitative estimate of drug-likeness (QED) is 0.797. The molecule has 0 saturated carbocycles. The van der Waals surface area contributed by atoms with Gasteiger partial charge in [0.05, 0.1) is 24.9 Å². The Kier molecular flexibility index (Phi) is 4.93. The second kappa shape index (κ2) is 6.22. The van der Waals surface area contributed by atoms with Gasteiger partial charge >= 0.3 is 5.97 Å². The standard InChI is InChI=1S/C11H13ClN2O3/c1-13-6-10(15)14-9-4-3-7(12)5-8(9)11(16)17-2/h3-5,13H,6H2,1-2H3,(H,14,15). The lowest BCUT2D eigenvalue weighted by molar-refractivity contribution is -0.115. The Bertz CT molecular complexity index is 435. The molecule has 0 aliphatic heterocycles. The largest absolute Gasteiger partial charge is 0.465 e. The molecule has 17 heavy (non-hydrogen) atoms. The maximum absolute atomic E-state index is 11.5. The Labute approximate surface area is 104 Å². The van der Waals surface area contributed by atoms with Crippen molar-refractivity contribution in [1.29, 1.82) is 0 Å². The molecule has 0 atom stereocenters. The third-order valence-corrected chi connectivity index (χ3v) is 2.23. The van der Waals surface area contributed by atoms with Crippen molar-refractivity contribution in [2.75, 3.05) is 26.0 Å². The fourth-order valence-electron chi connectivity index (χ4n) is 1.26. The second-order valence-electron chi connectivity index (χ2n) is 3.26. The topological polar surface area (TPSA) is 67.4 Å². The lowest BCUT2D eigenvalue weighted by Crippen LogP contribution is -2.26. The summed E-state index contributed by atoms with van der Waals surface area (Å²) in [6, 6.07) is 4.59. The number of carbonyl (C=O) groups is 2. The number of halogens is 1. The van der Waals surface area contributed by atoms with Gasteiger partial charge in [0.1, 0.15) is 0 Å². The first-order valence-electron chi connectivity index (χ1n) is 4.90. The molecule has 6 heteroatoms. The lowest BCUT2D eigenvalue weighted by atomic mass is 10.2. The normalized spacial score (nSPS) is 9.82. The molecular weight excluding hydrogens is 244 g/mol. The van der Waals surface area contributed by atoms with E-state index in [0.29, 0.717) is 10.7 Å². The Morgan fingerprint density at radius 3 is 2.71 bits per heavy atom. The summed E-state index contributed by atoms with van der Waals surface area (Å²) in [7, 11) is 2.92. The predicted molar refractivity (Wildman–Crippen MR) is 65.3 cm³/mol. The van der Waals surface area contributed by atoms with Crippen molar-refractivity contribution in [3.05, 3.63) is 28.8 Å². The van der Waals surface area contributed by atoms with E-state index in [1.54, 1.807) is 19.2 Å². The van der Waals surface area contributed by atoms with Crippen LogP contribution in [0, 0.1) is 0 Å². The monoisotopic (exact) mass is 256 g/mol. The summed E-state index contributed by atoms with van der Waals surface area (Å²) in [5.74, 6) is -0.799. The Balaban J connectivity index is 2.98. The van der Waals surface area contributed by atoms with Gasteiger partial charge in [-0.05, 0) is 25.2 Å². The van der Waals surface area contributed by atoms with Crippen molar-refractivity contribution >= 4 is 29.2 Å². The van der Waals surface area contributed by atoms with Gasteiger partial charge in [-0.2, -0.15) is 0 Å². The zero-order valence-electron chi connectivity index (χ0n) is 9.54. The third-order valence-electron chi connectivity index (χ3n) is 2.00. The number of amides is 1. The molecule has 0 unspecified atom stereocenters. The van der Waals surface area contributed by atoms with E-state index in [2.05, 4.69) is 15.4 Å². The fraction of sp³-hybridized carbons (Fsp3) is 0.273. The van der Waals surface area contributed by atoms with Crippen molar-refractivity contribution in [2.24, 2.45) is 0 Å². The number of anilines is 1. The molecule has 0 aliphatic carbocycles. The highest BCUT2D eigenvalue weighted by Crippen LogP contribution is 2.21. The number of likely N-dealkylation sites (N-methyl/N-ethyl adjacent to an activating group) is 1. The molecule has 0 bridgehead atoms. The van der Waals surface area contributed by atoms with E-state index in [-0.39, 0.29) is 18.0 Å². The average Bonchev–Trinajstić information content (AvgIpc) is 2.30. The first-order chi connectivity index (χ1) is 8.08. The van der Waals surface area contributed by atoms with Crippen LogP contribution >= 0.6 is 11.6 Å². The number of hydrogen-bond acceptors (Lipinski definition) is 4. The number of carbonyl (C=O) groups excluding carboxylic acids is 2. The van der Waals surface area contributed by atoms with Crippen LogP contribution < -0.4 is 10.6 Å². The molecule has 0 fully saturated rings. The summed E-state index contributed by atoms with van der Waals surface area (Å²) in [6.45, 7) is 0.156. The molecule has 1 amide bonds. The van der Waals surface area contributed by atoms with Crippen LogP contribution in [0.4, 0.5) is 5.69 Å². The van der Waals surface area contributed by atoms with E-state index in [1.165, 1.54) is 13.2 Å². The smallest absolute Gasteiger partial charge is 0.340 e. The van der Waals surface area contributed by atoms with Crippen LogP contribution in [0.1, 0.15) is 10.4 Å². The van der Waals surface area contributed by atoms with Gasteiger partial charge in [0.25, 0.3) is 0 Å². The number of nitrogens with one attached hydrogen (secondary N) is 2. The van der Waals surface area contributed by atoms with Gasteiger partial charge in [-0.1, -0.05) is 11.6 Å². The van der Waals surface area contributed by atoms with E-state index in [4.69, 9.17) is 11.6 Å². The number of methoxy groups -OCH3 is 1. The van der Waals surface area contributed by atoms with Gasteiger partial charge in [-0.3, -0.25) is 4.79 Å². The highest BCUT2D eigenvalue weighted by molar-refractivity contribution is 6.31. The van der Waals surface area contributed by atoms with Crippen molar-refractivity contribution in [3.8, 4) is 0 Å². The molecule has 0 aliphatic rings. The highest BCUT2D eigenvalue weighted by atomic mass is 35.5. The zero-order valence-corrected chi connectivity index (χ0v) is 10.3. The number of rotatable bonds is 4. The van der Waals surface area contributed by atoms with Crippen molar-refractivity contribution in [2.45, 2.75) is 0 Å². The Morgan fingerprint density at radius 2 is 2.12 bits per heavy atom. The summed E-state index contributed by atoms with van der Waals surface area (Å²) < 4.78 is 4.61. The number of benzene rings is 1. The molecule has 5 nitrogen and oxygen atoms in total. The molecule has 1 rings (SSSR count). The van der Waals surface area contributed by atoms with Crippen LogP contribution in [0.2, 0.25) is 5.02 Å². The van der Waals surface area contributed by atoms with Crippen molar-refractivity contribution < 1.29 is 14.3 Å². The predicted octanol–water partition coefficient (Wildman–Crippen LogP) is 1.28. The number of hydrogen-bond donors (Lipinski definition) is 2. The number of esters is 1. The molecule has 0 radical (unpaired) electrons. The first-order valence-corrected chi connectivity index (χ1v) is 5.28. The lowest BCUT2D eigenvalue weighted by Gasteiger charge is -2.09. The summed E-state index contributed by atoms with van der Waals surface area (Å²) in [4.78, 5) is 22.9. The first kappa shape index (κ1) is 13.5. The van der Waals surface area contributed by atoms with Crippen LogP contribution in [-0.2, 0) is 9.53 Å². The van der Waals surface area contributed by atoms with Crippen molar-refractivity contribution in [3.63, 3.8) is 0 Å². The van der Waals surface area contributed by atoms with E-state index in [1.807, 2.05) is 0 Å². The third kappa shape index (κ3) is 3.72. The van der Waals surface area contributed by atoms with Gasteiger partial charge in [0, 0.05) is 5.02 Å². The minimum Gasteiger partial charge on any atom is -0.465 e. The van der Waals surface area contributed by atoms with Gasteiger partial charge in [0.2, 0.25) is 5.91 Å². The minimum absolute atomic E-state index is 0.156. The van der Waals surface area contributed by atoms with Crippen LogP contribution in [0.3, 0.4) is 0 Å². The van der Waals surface area contributed by atoms with Gasteiger partial charge in [0.15, 0.2) is 0 Å². The van der Waals surface area contributed by atoms with E-state index in [0.717, 1.165) is 0 Å². The molecule has 0 aromatic heterocycles. The molecule has 0 spiro atoms. The van der Waals surface area contributed by atoms with Gasteiger partial charge in [-0.15, -0.1) is 0 Å². The Morgan fingerprint density at radius 1 is 1.41 bits per heavy atom. The zero-order chi connectivity index (χ0) is 12.8. The van der Waals surface area contributed by atoms with Gasteiger partial charge < -0.3 is 15.4 Å². The fourth-order valence-corrected chi connectivity index (χ4v) is 1.43. The molecule has 1 aromatic carbocycles. The molecule has 0 heterocycles. The summed E-state index contributed by atoms with van der Waals surface area (Å²) in [6.07, 6.45) is 0. The molecule has 1 aromatic rings. The van der Waals surface area contributed by atoms with Crippen molar-refractivity contribution in [1.82, 2.24) is 5.32 Å². The summed E-state index contributed by atoms with van der Waals surface area (Å²) >= 11 is 5.78. The van der Waals surface area contributed by atoms with E-state index < -0.39 is 5.97 Å². The molecular formula is C11H13ClN2O3. The van der Waals surface area contributed by atoms with Crippen LogP contribution in [-0.4, -0.2) is 32.6 Å². The molecule has 92 valence electrons. The maximum Gasteiger partial charge on any atom is 0.340 e.